The average molecular weight is 462 g/mol. The van der Waals surface area contributed by atoms with Crippen molar-refractivity contribution in [3.63, 3.8) is 0 Å². The molecule has 32 heavy (non-hydrogen) atoms. The Bertz CT molecular complexity index is 1070. The number of sulfonamides is 1. The van der Waals surface area contributed by atoms with Crippen LogP contribution in [0.25, 0.3) is 0 Å². The van der Waals surface area contributed by atoms with Crippen molar-refractivity contribution in [2.75, 3.05) is 38.2 Å². The summed E-state index contributed by atoms with van der Waals surface area (Å²) < 4.78 is 38.0. The third-order valence-electron chi connectivity index (χ3n) is 4.86. The number of fused-ring (bicyclic) bond motifs is 1. The highest BCUT2D eigenvalue weighted by Crippen LogP contribution is 2.32. The van der Waals surface area contributed by atoms with Crippen LogP contribution in [0.4, 0.5) is 5.69 Å². The zero-order valence-electron chi connectivity index (χ0n) is 18.1. The number of amides is 2. The number of hydrogen-bond acceptors (Lipinski definition) is 6. The first-order chi connectivity index (χ1) is 15.3. The van der Waals surface area contributed by atoms with E-state index in [0.717, 1.165) is 5.56 Å². The van der Waals surface area contributed by atoms with E-state index in [9.17, 15) is 18.0 Å². The number of nitrogens with zero attached hydrogens (tertiary/aromatic N) is 1. The molecule has 10 heteroatoms. The molecule has 1 aliphatic heterocycles. The summed E-state index contributed by atoms with van der Waals surface area (Å²) in [5.41, 5.74) is 1.49. The Balaban J connectivity index is 1.49. The molecule has 0 aliphatic carbocycles. The Morgan fingerprint density at radius 3 is 2.41 bits per heavy atom. The van der Waals surface area contributed by atoms with E-state index in [1.165, 1.54) is 17.0 Å². The van der Waals surface area contributed by atoms with Crippen molar-refractivity contribution >= 4 is 27.5 Å². The molecule has 1 heterocycles. The third-order valence-corrected chi connectivity index (χ3v) is 6.33. The summed E-state index contributed by atoms with van der Waals surface area (Å²) in [5, 5.41) is 2.74. The van der Waals surface area contributed by atoms with Crippen LogP contribution in [-0.4, -0.2) is 58.0 Å². The van der Waals surface area contributed by atoms with Crippen molar-refractivity contribution in [3.8, 4) is 11.5 Å². The maximum atomic E-state index is 12.5. The van der Waals surface area contributed by atoms with Gasteiger partial charge in [0.25, 0.3) is 0 Å². The Kier molecular flexibility index (Phi) is 7.70. The standard InChI is InChI=1S/C22H27N3O6S/c1-3-25(15-21(26)24-17-6-9-19-20(14-17)31-13-12-30-19)22(27)10-11-23-32(28,29)18-7-4-16(2)5-8-18/h4-9,14,23H,3,10-13,15H2,1-2H3,(H,24,26). The topological polar surface area (TPSA) is 114 Å². The highest BCUT2D eigenvalue weighted by atomic mass is 32.2. The summed E-state index contributed by atoms with van der Waals surface area (Å²) >= 11 is 0. The summed E-state index contributed by atoms with van der Waals surface area (Å²) in [6.07, 6.45) is -0.0593. The fourth-order valence-corrected chi connectivity index (χ4v) is 4.15. The number of benzene rings is 2. The summed E-state index contributed by atoms with van der Waals surface area (Å²) in [6, 6.07) is 11.5. The van der Waals surface area contributed by atoms with Crippen LogP contribution in [0.1, 0.15) is 18.9 Å². The molecule has 0 atom stereocenters. The third kappa shape index (κ3) is 6.21. The molecule has 0 saturated heterocycles. The molecule has 0 unspecified atom stereocenters. The maximum absolute atomic E-state index is 12.5. The molecular weight excluding hydrogens is 434 g/mol. The van der Waals surface area contributed by atoms with Gasteiger partial charge in [-0.15, -0.1) is 0 Å². The van der Waals surface area contributed by atoms with Crippen molar-refractivity contribution in [1.82, 2.24) is 9.62 Å². The van der Waals surface area contributed by atoms with Gasteiger partial charge < -0.3 is 19.7 Å². The van der Waals surface area contributed by atoms with E-state index in [0.29, 0.717) is 36.9 Å². The lowest BCUT2D eigenvalue weighted by Gasteiger charge is -2.21. The first-order valence-corrected chi connectivity index (χ1v) is 11.8. The monoisotopic (exact) mass is 461 g/mol. The van der Waals surface area contributed by atoms with Crippen LogP contribution >= 0.6 is 0 Å². The lowest BCUT2D eigenvalue weighted by atomic mass is 10.2. The number of hydrogen-bond donors (Lipinski definition) is 2. The minimum Gasteiger partial charge on any atom is -0.486 e. The van der Waals surface area contributed by atoms with Gasteiger partial charge in [0.05, 0.1) is 11.4 Å². The van der Waals surface area contributed by atoms with E-state index in [2.05, 4.69) is 10.0 Å². The fraction of sp³-hybridized carbons (Fsp3) is 0.364. The summed E-state index contributed by atoms with van der Waals surface area (Å²) in [4.78, 5) is 26.4. The van der Waals surface area contributed by atoms with Gasteiger partial charge in [-0.1, -0.05) is 17.7 Å². The van der Waals surface area contributed by atoms with Gasteiger partial charge >= 0.3 is 0 Å². The van der Waals surface area contributed by atoms with E-state index in [4.69, 9.17) is 9.47 Å². The second-order valence-electron chi connectivity index (χ2n) is 7.28. The van der Waals surface area contributed by atoms with Crippen molar-refractivity contribution < 1.29 is 27.5 Å². The Labute approximate surface area is 187 Å². The van der Waals surface area contributed by atoms with E-state index in [-0.39, 0.29) is 36.2 Å². The molecule has 0 fully saturated rings. The molecule has 0 aromatic heterocycles. The fourth-order valence-electron chi connectivity index (χ4n) is 3.12. The Morgan fingerprint density at radius 2 is 1.72 bits per heavy atom. The number of aryl methyl sites for hydroxylation is 1. The molecule has 1 aliphatic rings. The van der Waals surface area contributed by atoms with E-state index in [1.807, 2.05) is 6.92 Å². The molecule has 2 aromatic carbocycles. The smallest absolute Gasteiger partial charge is 0.243 e. The normalized spacial score (nSPS) is 12.8. The van der Waals surface area contributed by atoms with Crippen molar-refractivity contribution in [2.24, 2.45) is 0 Å². The van der Waals surface area contributed by atoms with Gasteiger partial charge in [0.15, 0.2) is 11.5 Å². The number of ether oxygens (including phenoxy) is 2. The first-order valence-electron chi connectivity index (χ1n) is 10.3. The molecular formula is C22H27N3O6S. The van der Waals surface area contributed by atoms with Gasteiger partial charge in [-0.3, -0.25) is 9.59 Å². The number of nitrogens with one attached hydrogen (secondary N) is 2. The SMILES string of the molecule is CCN(CC(=O)Nc1ccc2c(c1)OCCO2)C(=O)CCNS(=O)(=O)c1ccc(C)cc1. The van der Waals surface area contributed by atoms with Gasteiger partial charge in [-0.25, -0.2) is 13.1 Å². The Hall–Kier alpha value is -3.11. The molecule has 2 aromatic rings. The van der Waals surface area contributed by atoms with Crippen molar-refractivity contribution in [1.29, 1.82) is 0 Å². The predicted octanol–water partition coefficient (Wildman–Crippen LogP) is 1.92. The lowest BCUT2D eigenvalue weighted by Crippen LogP contribution is -2.39. The highest BCUT2D eigenvalue weighted by Gasteiger charge is 2.19. The predicted molar refractivity (Wildman–Crippen MR) is 119 cm³/mol. The number of likely N-dealkylation sites (N-methyl/N-ethyl adjacent to an activating group) is 1. The van der Waals surface area contributed by atoms with E-state index < -0.39 is 10.0 Å². The molecule has 0 bridgehead atoms. The summed E-state index contributed by atoms with van der Waals surface area (Å²) in [5.74, 6) is 0.486. The van der Waals surface area contributed by atoms with Gasteiger partial charge in [-0.05, 0) is 38.1 Å². The van der Waals surface area contributed by atoms with Crippen LogP contribution in [0, 0.1) is 6.92 Å². The number of carbonyl (C=O) groups is 2. The van der Waals surface area contributed by atoms with Crippen LogP contribution in [0.5, 0.6) is 11.5 Å². The van der Waals surface area contributed by atoms with Crippen molar-refractivity contribution in [2.45, 2.75) is 25.2 Å². The minimum absolute atomic E-state index is 0.0593. The van der Waals surface area contributed by atoms with Gasteiger partial charge in [-0.2, -0.15) is 0 Å². The molecule has 2 amide bonds. The molecule has 3 rings (SSSR count). The van der Waals surface area contributed by atoms with E-state index >= 15 is 0 Å². The van der Waals surface area contributed by atoms with Gasteiger partial charge in [0.1, 0.15) is 13.2 Å². The zero-order valence-corrected chi connectivity index (χ0v) is 18.9. The lowest BCUT2D eigenvalue weighted by molar-refractivity contribution is -0.134. The van der Waals surface area contributed by atoms with Crippen LogP contribution in [0.15, 0.2) is 47.4 Å². The van der Waals surface area contributed by atoms with Crippen LogP contribution < -0.4 is 19.5 Å². The molecule has 0 spiro atoms. The number of rotatable bonds is 9. The van der Waals surface area contributed by atoms with Gasteiger partial charge in [0.2, 0.25) is 21.8 Å². The van der Waals surface area contributed by atoms with Gasteiger partial charge in [0, 0.05) is 31.3 Å². The first kappa shape index (κ1) is 23.6. The van der Waals surface area contributed by atoms with Crippen molar-refractivity contribution in [3.05, 3.63) is 48.0 Å². The minimum atomic E-state index is -3.70. The summed E-state index contributed by atoms with van der Waals surface area (Å²) in [7, 11) is -3.70. The molecule has 9 nitrogen and oxygen atoms in total. The Morgan fingerprint density at radius 1 is 1.03 bits per heavy atom. The number of anilines is 1. The maximum Gasteiger partial charge on any atom is 0.243 e. The average Bonchev–Trinajstić information content (AvgIpc) is 2.77. The van der Waals surface area contributed by atoms with Crippen LogP contribution in [0.2, 0.25) is 0 Å². The molecule has 0 saturated carbocycles. The quantitative estimate of drug-likeness (QED) is 0.590. The molecule has 172 valence electrons. The number of carbonyl (C=O) groups excluding carboxylic acids is 2. The highest BCUT2D eigenvalue weighted by molar-refractivity contribution is 7.89. The summed E-state index contributed by atoms with van der Waals surface area (Å²) in [6.45, 7) is 4.66. The van der Waals surface area contributed by atoms with Crippen LogP contribution in [0.3, 0.4) is 0 Å². The largest absolute Gasteiger partial charge is 0.486 e. The van der Waals surface area contributed by atoms with E-state index in [1.54, 1.807) is 37.3 Å². The zero-order chi connectivity index (χ0) is 23.1. The molecule has 0 radical (unpaired) electrons. The molecule has 2 N–H and O–H groups in total. The van der Waals surface area contributed by atoms with Crippen LogP contribution in [-0.2, 0) is 19.6 Å². The second-order valence-corrected chi connectivity index (χ2v) is 9.04. The second kappa shape index (κ2) is 10.5.